The number of Topliss-reactive ketones (excluding diaryl/α,β-unsaturated/α-hetero) is 1. The van der Waals surface area contributed by atoms with Gasteiger partial charge in [-0.05, 0) is 57.4 Å². The summed E-state index contributed by atoms with van der Waals surface area (Å²) in [6.45, 7) is 5.69. The van der Waals surface area contributed by atoms with Crippen molar-refractivity contribution in [1.29, 1.82) is 0 Å². The minimum Gasteiger partial charge on any atom is -0.462 e. The van der Waals surface area contributed by atoms with Crippen LogP contribution in [0.3, 0.4) is 0 Å². The zero-order valence-electron chi connectivity index (χ0n) is 14.7. The lowest BCUT2D eigenvalue weighted by Gasteiger charge is -2.30. The van der Waals surface area contributed by atoms with Gasteiger partial charge >= 0.3 is 5.97 Å². The molecule has 0 fully saturated rings. The molecule has 3 rings (SSSR count). The highest BCUT2D eigenvalue weighted by Gasteiger charge is 2.36. The number of carbonyl (C=O) groups excluding carboxylic acids is 2. The van der Waals surface area contributed by atoms with Crippen molar-refractivity contribution in [3.8, 4) is 0 Å². The van der Waals surface area contributed by atoms with Crippen LogP contribution in [0.2, 0.25) is 0 Å². The Kier molecular flexibility index (Phi) is 4.35. The van der Waals surface area contributed by atoms with Crippen LogP contribution < -0.4 is 0 Å². The van der Waals surface area contributed by atoms with Crippen molar-refractivity contribution < 1.29 is 14.3 Å². The molecule has 1 aliphatic heterocycles. The lowest BCUT2D eigenvalue weighted by Crippen LogP contribution is -2.31. The lowest BCUT2D eigenvalue weighted by atomic mass is 9.89. The molecular weight excluding hydrogens is 304 g/mol. The van der Waals surface area contributed by atoms with Gasteiger partial charge in [-0.3, -0.25) is 9.59 Å². The van der Waals surface area contributed by atoms with Crippen molar-refractivity contribution in [2.75, 3.05) is 0 Å². The van der Waals surface area contributed by atoms with Crippen LogP contribution in [0.25, 0.3) is 0 Å². The summed E-state index contributed by atoms with van der Waals surface area (Å²) in [7, 11) is 1.88. The first-order valence-corrected chi connectivity index (χ1v) is 8.43. The monoisotopic (exact) mass is 328 g/mol. The van der Waals surface area contributed by atoms with Gasteiger partial charge in [-0.15, -0.1) is 0 Å². The standard InChI is InChI=1S/C19H24N2O3/c1-12(2)24-19(23)14-7-8-16(21-11-13(3)10-17(14)21)18(22)15-6-5-9-20(15)4/h5-6,9-12,14,16H,7-8H2,1-4H3. The van der Waals surface area contributed by atoms with Gasteiger partial charge in [0.15, 0.2) is 0 Å². The smallest absolute Gasteiger partial charge is 0.315 e. The Morgan fingerprint density at radius 3 is 2.67 bits per heavy atom. The number of ether oxygens (including phenoxy) is 1. The van der Waals surface area contributed by atoms with Crippen molar-refractivity contribution in [1.82, 2.24) is 9.13 Å². The molecule has 2 aromatic heterocycles. The van der Waals surface area contributed by atoms with Crippen molar-refractivity contribution >= 4 is 11.8 Å². The molecule has 0 radical (unpaired) electrons. The molecule has 0 amide bonds. The fourth-order valence-corrected chi connectivity index (χ4v) is 3.50. The van der Waals surface area contributed by atoms with Crippen molar-refractivity contribution in [2.24, 2.45) is 7.05 Å². The molecule has 0 saturated carbocycles. The van der Waals surface area contributed by atoms with E-state index in [0.717, 1.165) is 11.3 Å². The number of hydrogen-bond donors (Lipinski definition) is 0. The van der Waals surface area contributed by atoms with Crippen LogP contribution in [0.15, 0.2) is 30.6 Å². The Morgan fingerprint density at radius 1 is 1.29 bits per heavy atom. The van der Waals surface area contributed by atoms with Crippen molar-refractivity contribution in [2.45, 2.75) is 51.7 Å². The van der Waals surface area contributed by atoms with E-state index in [0.29, 0.717) is 18.5 Å². The van der Waals surface area contributed by atoms with Gasteiger partial charge in [0, 0.05) is 25.1 Å². The molecule has 24 heavy (non-hydrogen) atoms. The van der Waals surface area contributed by atoms with Crippen LogP contribution in [-0.2, 0) is 16.6 Å². The summed E-state index contributed by atoms with van der Waals surface area (Å²) in [4.78, 5) is 25.4. The minimum atomic E-state index is -0.293. The maximum Gasteiger partial charge on any atom is 0.315 e. The summed E-state index contributed by atoms with van der Waals surface area (Å²) in [5.41, 5.74) is 2.64. The van der Waals surface area contributed by atoms with Crippen LogP contribution in [0.1, 0.15) is 60.4 Å². The molecule has 5 heteroatoms. The SMILES string of the molecule is Cc1cc2n(c1)C(C(=O)c1cccn1C)CCC2C(=O)OC(C)C. The molecule has 1 aliphatic rings. The number of aromatic nitrogens is 2. The highest BCUT2D eigenvalue weighted by Crippen LogP contribution is 2.37. The molecule has 0 spiro atoms. The zero-order valence-corrected chi connectivity index (χ0v) is 14.7. The summed E-state index contributed by atoms with van der Waals surface area (Å²) < 4.78 is 9.22. The number of nitrogens with zero attached hydrogens (tertiary/aromatic N) is 2. The molecule has 2 atom stereocenters. The van der Waals surface area contributed by atoms with Crippen LogP contribution in [0.4, 0.5) is 0 Å². The number of fused-ring (bicyclic) bond motifs is 1. The molecular formula is C19H24N2O3. The van der Waals surface area contributed by atoms with Crippen molar-refractivity contribution in [3.63, 3.8) is 0 Å². The van der Waals surface area contributed by atoms with Crippen LogP contribution in [-0.4, -0.2) is 27.0 Å². The third-order valence-electron chi connectivity index (χ3n) is 4.57. The molecule has 0 aliphatic carbocycles. The van der Waals surface area contributed by atoms with Crippen molar-refractivity contribution in [3.05, 3.63) is 47.5 Å². The van der Waals surface area contributed by atoms with Crippen LogP contribution >= 0.6 is 0 Å². The third-order valence-corrected chi connectivity index (χ3v) is 4.57. The Hall–Kier alpha value is -2.30. The largest absolute Gasteiger partial charge is 0.462 e. The number of esters is 1. The topological polar surface area (TPSA) is 53.2 Å². The molecule has 0 bridgehead atoms. The zero-order chi connectivity index (χ0) is 17.4. The molecule has 0 aromatic carbocycles. The van der Waals surface area contributed by atoms with E-state index in [2.05, 4.69) is 0 Å². The van der Waals surface area contributed by atoms with E-state index in [-0.39, 0.29) is 29.8 Å². The predicted molar refractivity (Wildman–Crippen MR) is 91.2 cm³/mol. The summed E-state index contributed by atoms with van der Waals surface area (Å²) in [6.07, 6.45) is 4.99. The van der Waals surface area contributed by atoms with E-state index in [4.69, 9.17) is 4.74 Å². The maximum atomic E-state index is 13.0. The highest BCUT2D eigenvalue weighted by atomic mass is 16.5. The lowest BCUT2D eigenvalue weighted by molar-refractivity contribution is -0.150. The van der Waals surface area contributed by atoms with Gasteiger partial charge < -0.3 is 13.9 Å². The van der Waals surface area contributed by atoms with E-state index < -0.39 is 0 Å². The summed E-state index contributed by atoms with van der Waals surface area (Å²) in [5.74, 6) is -0.400. The fourth-order valence-electron chi connectivity index (χ4n) is 3.50. The molecule has 0 N–H and O–H groups in total. The van der Waals surface area contributed by atoms with E-state index in [1.54, 1.807) is 0 Å². The first-order valence-electron chi connectivity index (χ1n) is 8.43. The molecule has 0 saturated heterocycles. The van der Waals surface area contributed by atoms with Crippen LogP contribution in [0, 0.1) is 6.92 Å². The first kappa shape index (κ1) is 16.6. The Morgan fingerprint density at radius 2 is 2.04 bits per heavy atom. The quantitative estimate of drug-likeness (QED) is 0.638. The fraction of sp³-hybridized carbons (Fsp3) is 0.474. The summed E-state index contributed by atoms with van der Waals surface area (Å²) in [6, 6.07) is 5.46. The van der Waals surface area contributed by atoms with Gasteiger partial charge in [0.2, 0.25) is 5.78 Å². The van der Waals surface area contributed by atoms with Gasteiger partial charge in [0.05, 0.1) is 23.8 Å². The second-order valence-corrected chi connectivity index (χ2v) is 6.85. The second kappa shape index (κ2) is 6.30. The summed E-state index contributed by atoms with van der Waals surface area (Å²) in [5, 5.41) is 0. The van der Waals surface area contributed by atoms with E-state index in [1.807, 2.05) is 67.5 Å². The Balaban J connectivity index is 1.93. The number of ketones is 1. The van der Waals surface area contributed by atoms with Gasteiger partial charge in [0.25, 0.3) is 0 Å². The van der Waals surface area contributed by atoms with Gasteiger partial charge in [-0.2, -0.15) is 0 Å². The molecule has 5 nitrogen and oxygen atoms in total. The average Bonchev–Trinajstić information content (AvgIpc) is 3.09. The first-order chi connectivity index (χ1) is 11.4. The summed E-state index contributed by atoms with van der Waals surface area (Å²) >= 11 is 0. The van der Waals surface area contributed by atoms with Gasteiger partial charge in [0.1, 0.15) is 0 Å². The third kappa shape index (κ3) is 2.90. The highest BCUT2D eigenvalue weighted by molar-refractivity contribution is 5.98. The Bertz CT molecular complexity index is 769. The number of rotatable bonds is 4. The molecule has 128 valence electrons. The molecule has 2 aromatic rings. The van der Waals surface area contributed by atoms with Gasteiger partial charge in [-0.1, -0.05) is 0 Å². The van der Waals surface area contributed by atoms with E-state index in [1.165, 1.54) is 0 Å². The molecule has 3 heterocycles. The number of carbonyl (C=O) groups is 2. The number of aryl methyl sites for hydroxylation is 2. The van der Waals surface area contributed by atoms with E-state index >= 15 is 0 Å². The second-order valence-electron chi connectivity index (χ2n) is 6.85. The number of hydrogen-bond acceptors (Lipinski definition) is 3. The van der Waals surface area contributed by atoms with Crippen LogP contribution in [0.5, 0.6) is 0 Å². The predicted octanol–water partition coefficient (Wildman–Crippen LogP) is 3.39. The molecule has 2 unspecified atom stereocenters. The maximum absolute atomic E-state index is 13.0. The average molecular weight is 328 g/mol. The Labute approximate surface area is 142 Å². The normalized spacial score (nSPS) is 20.0. The van der Waals surface area contributed by atoms with E-state index in [9.17, 15) is 9.59 Å². The minimum absolute atomic E-state index is 0.0926. The van der Waals surface area contributed by atoms with Gasteiger partial charge in [-0.25, -0.2) is 0 Å².